The molecule has 2 heterocycles. The Kier molecular flexibility index (Phi) is 5.76. The van der Waals surface area contributed by atoms with E-state index < -0.39 is 0 Å². The molecule has 0 spiro atoms. The quantitative estimate of drug-likeness (QED) is 0.812. The largest absolute Gasteiger partial charge is 0.332 e. The number of aryl methyl sites for hydroxylation is 1. The molecule has 0 aromatic carbocycles. The van der Waals surface area contributed by atoms with Gasteiger partial charge in [-0.15, -0.1) is 0 Å². The van der Waals surface area contributed by atoms with Crippen LogP contribution >= 0.6 is 0 Å². The Hall–Kier alpha value is -1.56. The van der Waals surface area contributed by atoms with Crippen LogP contribution in [0.1, 0.15) is 49.6 Å². The number of fused-ring (bicyclic) bond motifs is 1. The van der Waals surface area contributed by atoms with Gasteiger partial charge in [-0.1, -0.05) is 6.42 Å². The van der Waals surface area contributed by atoms with Crippen molar-refractivity contribution >= 4 is 6.03 Å². The van der Waals surface area contributed by atoms with E-state index >= 15 is 0 Å². The van der Waals surface area contributed by atoms with Crippen LogP contribution in [0.3, 0.4) is 0 Å². The van der Waals surface area contributed by atoms with Crippen molar-refractivity contribution in [2.24, 2.45) is 5.92 Å². The van der Waals surface area contributed by atoms with E-state index in [1.165, 1.54) is 36.9 Å². The first-order valence-electron chi connectivity index (χ1n) is 9.43. The van der Waals surface area contributed by atoms with Gasteiger partial charge in [0.2, 0.25) is 0 Å². The van der Waals surface area contributed by atoms with E-state index in [1.54, 1.807) is 0 Å². The van der Waals surface area contributed by atoms with Gasteiger partial charge in [-0.25, -0.2) is 4.79 Å². The second kappa shape index (κ2) is 8.01. The van der Waals surface area contributed by atoms with Crippen LogP contribution in [0, 0.1) is 5.92 Å². The molecule has 0 bridgehead atoms. The Labute approximate surface area is 145 Å². The number of aromatic amines is 1. The molecule has 2 amide bonds. The number of H-pyrrole nitrogens is 1. The fourth-order valence-corrected chi connectivity index (χ4v) is 3.99. The van der Waals surface area contributed by atoms with E-state index in [9.17, 15) is 4.79 Å². The summed E-state index contributed by atoms with van der Waals surface area (Å²) < 4.78 is 0. The second-order valence-corrected chi connectivity index (χ2v) is 7.30. The molecule has 1 fully saturated rings. The van der Waals surface area contributed by atoms with Crippen LogP contribution in [0.25, 0.3) is 0 Å². The first kappa shape index (κ1) is 17.3. The Bertz CT molecular complexity index is 556. The highest BCUT2D eigenvalue weighted by Crippen LogP contribution is 2.21. The molecule has 1 atom stereocenters. The molecule has 0 radical (unpaired) electrons. The highest BCUT2D eigenvalue weighted by Gasteiger charge is 2.24. The van der Waals surface area contributed by atoms with E-state index in [4.69, 9.17) is 0 Å². The molecule has 1 aromatic rings. The molecule has 1 unspecified atom stereocenters. The number of carbonyl (C=O) groups excluding carboxylic acids is 1. The van der Waals surface area contributed by atoms with E-state index in [0.717, 1.165) is 44.7 Å². The van der Waals surface area contributed by atoms with Crippen LogP contribution in [-0.4, -0.2) is 59.3 Å². The predicted octanol–water partition coefficient (Wildman–Crippen LogP) is 2.16. The zero-order valence-electron chi connectivity index (χ0n) is 15.1. The van der Waals surface area contributed by atoms with Crippen LogP contribution in [0.5, 0.6) is 0 Å². The summed E-state index contributed by atoms with van der Waals surface area (Å²) in [7, 11) is 2.15. The predicted molar refractivity (Wildman–Crippen MR) is 94.9 cm³/mol. The lowest BCUT2D eigenvalue weighted by Crippen LogP contribution is -2.42. The van der Waals surface area contributed by atoms with Crippen molar-refractivity contribution < 1.29 is 4.79 Å². The lowest BCUT2D eigenvalue weighted by molar-refractivity contribution is 0.190. The summed E-state index contributed by atoms with van der Waals surface area (Å²) in [6, 6.07) is 0.0393. The molecular weight excluding hydrogens is 302 g/mol. The second-order valence-electron chi connectivity index (χ2n) is 7.30. The van der Waals surface area contributed by atoms with Crippen LogP contribution in [0.15, 0.2) is 0 Å². The Morgan fingerprint density at radius 1 is 1.38 bits per heavy atom. The van der Waals surface area contributed by atoms with Gasteiger partial charge in [0.05, 0.1) is 12.2 Å². The van der Waals surface area contributed by atoms with Crippen LogP contribution in [-0.2, 0) is 19.4 Å². The number of hydrogen-bond donors (Lipinski definition) is 2. The molecule has 24 heavy (non-hydrogen) atoms. The van der Waals surface area contributed by atoms with Crippen LogP contribution < -0.4 is 5.32 Å². The first-order chi connectivity index (χ1) is 11.7. The van der Waals surface area contributed by atoms with Crippen molar-refractivity contribution in [2.75, 3.05) is 33.2 Å². The third kappa shape index (κ3) is 4.09. The Balaban J connectivity index is 1.53. The maximum Gasteiger partial charge on any atom is 0.317 e. The molecule has 6 heteroatoms. The van der Waals surface area contributed by atoms with Gasteiger partial charge in [-0.3, -0.25) is 5.10 Å². The molecule has 0 saturated carbocycles. The fourth-order valence-electron chi connectivity index (χ4n) is 3.99. The third-order valence-electron chi connectivity index (χ3n) is 5.44. The number of urea groups is 1. The lowest BCUT2D eigenvalue weighted by atomic mass is 10.1. The summed E-state index contributed by atoms with van der Waals surface area (Å²) in [4.78, 5) is 16.8. The van der Waals surface area contributed by atoms with Crippen LogP contribution in [0.4, 0.5) is 4.79 Å². The topological polar surface area (TPSA) is 64.3 Å². The van der Waals surface area contributed by atoms with Crippen molar-refractivity contribution in [1.82, 2.24) is 25.3 Å². The number of nitrogens with one attached hydrogen (secondary N) is 2. The fraction of sp³-hybridized carbons (Fsp3) is 0.778. The van der Waals surface area contributed by atoms with Crippen molar-refractivity contribution in [2.45, 2.75) is 52.0 Å². The van der Waals surface area contributed by atoms with E-state index in [-0.39, 0.29) is 6.03 Å². The summed E-state index contributed by atoms with van der Waals surface area (Å²) in [6.07, 6.45) is 7.11. The maximum atomic E-state index is 12.5. The molecule has 1 saturated heterocycles. The van der Waals surface area contributed by atoms with Gasteiger partial charge in [0.15, 0.2) is 0 Å². The maximum absolute atomic E-state index is 12.5. The van der Waals surface area contributed by atoms with Crippen molar-refractivity contribution in [3.63, 3.8) is 0 Å². The number of rotatable bonds is 5. The van der Waals surface area contributed by atoms with Gasteiger partial charge < -0.3 is 15.1 Å². The molecular formula is C18H31N5O. The van der Waals surface area contributed by atoms with Gasteiger partial charge in [-0.05, 0) is 64.1 Å². The smallest absolute Gasteiger partial charge is 0.317 e. The van der Waals surface area contributed by atoms with Gasteiger partial charge in [-0.2, -0.15) is 5.10 Å². The van der Waals surface area contributed by atoms with E-state index in [2.05, 4.69) is 34.4 Å². The first-order valence-corrected chi connectivity index (χ1v) is 9.43. The SMILES string of the molecule is CCN(CC1CCN(C)C1)C(=O)NCc1n[nH]c2c1CCCCC2. The molecule has 134 valence electrons. The Morgan fingerprint density at radius 3 is 2.96 bits per heavy atom. The van der Waals surface area contributed by atoms with Crippen LogP contribution in [0.2, 0.25) is 0 Å². The minimum atomic E-state index is 0.0393. The number of amides is 2. The highest BCUT2D eigenvalue weighted by molar-refractivity contribution is 5.74. The molecule has 1 aliphatic heterocycles. The number of likely N-dealkylation sites (tertiary alicyclic amines) is 1. The van der Waals surface area contributed by atoms with Gasteiger partial charge >= 0.3 is 6.03 Å². The highest BCUT2D eigenvalue weighted by atomic mass is 16.2. The average molecular weight is 333 g/mol. The monoisotopic (exact) mass is 333 g/mol. The lowest BCUT2D eigenvalue weighted by Gasteiger charge is -2.24. The molecule has 1 aromatic heterocycles. The molecule has 2 aliphatic rings. The van der Waals surface area contributed by atoms with Crippen molar-refractivity contribution in [3.05, 3.63) is 17.0 Å². The summed E-state index contributed by atoms with van der Waals surface area (Å²) in [6.45, 7) is 6.43. The molecule has 6 nitrogen and oxygen atoms in total. The molecule has 3 rings (SSSR count). The normalized spacial score (nSPS) is 21.3. The number of aromatic nitrogens is 2. The van der Waals surface area contributed by atoms with E-state index in [1.807, 2.05) is 4.90 Å². The number of carbonyl (C=O) groups is 1. The van der Waals surface area contributed by atoms with Crippen molar-refractivity contribution in [3.8, 4) is 0 Å². The summed E-state index contributed by atoms with van der Waals surface area (Å²) in [5.74, 6) is 0.599. The Morgan fingerprint density at radius 2 is 2.21 bits per heavy atom. The zero-order chi connectivity index (χ0) is 16.9. The van der Waals surface area contributed by atoms with Gasteiger partial charge in [0.25, 0.3) is 0 Å². The average Bonchev–Trinajstić information content (AvgIpc) is 3.08. The molecule has 1 aliphatic carbocycles. The summed E-state index contributed by atoms with van der Waals surface area (Å²) in [5.41, 5.74) is 3.64. The third-order valence-corrected chi connectivity index (χ3v) is 5.44. The standard InChI is InChI=1S/C18H31N5O/c1-3-23(13-14-9-10-22(2)12-14)18(24)19-11-17-15-7-5-4-6-8-16(15)20-21-17/h14H,3-13H2,1-2H3,(H,19,24)(H,20,21). The summed E-state index contributed by atoms with van der Waals surface area (Å²) >= 11 is 0. The molecule has 2 N–H and O–H groups in total. The van der Waals surface area contributed by atoms with Gasteiger partial charge in [0.1, 0.15) is 0 Å². The zero-order valence-corrected chi connectivity index (χ0v) is 15.1. The number of hydrogen-bond acceptors (Lipinski definition) is 3. The minimum Gasteiger partial charge on any atom is -0.332 e. The summed E-state index contributed by atoms with van der Waals surface area (Å²) in [5, 5.41) is 10.7. The van der Waals surface area contributed by atoms with Gasteiger partial charge in [0, 0.05) is 25.3 Å². The minimum absolute atomic E-state index is 0.0393. The van der Waals surface area contributed by atoms with Crippen molar-refractivity contribution in [1.29, 1.82) is 0 Å². The number of nitrogens with zero attached hydrogens (tertiary/aromatic N) is 3. The van der Waals surface area contributed by atoms with E-state index in [0.29, 0.717) is 12.5 Å².